The number of carbonyl (C=O) groups is 2. The predicted molar refractivity (Wildman–Crippen MR) is 189 cm³/mol. The van der Waals surface area contributed by atoms with Crippen molar-refractivity contribution in [2.45, 2.75) is 19.3 Å². The topological polar surface area (TPSA) is 102 Å². The van der Waals surface area contributed by atoms with Crippen molar-refractivity contribution in [2.24, 2.45) is 20.5 Å². The van der Waals surface area contributed by atoms with Gasteiger partial charge in [-0.15, -0.1) is 0 Å². The molecule has 0 atom stereocenters. The minimum Gasteiger partial charge on any atom is -0.423 e. The lowest BCUT2D eigenvalue weighted by Crippen LogP contribution is -2.19. The quantitative estimate of drug-likeness (QED) is 0.0841. The molecule has 6 aromatic rings. The smallest absolute Gasteiger partial charge is 0.343 e. The number of azo groups is 2. The molecule has 0 spiro atoms. The van der Waals surface area contributed by atoms with Gasteiger partial charge in [0.2, 0.25) is 0 Å². The first-order valence-corrected chi connectivity index (χ1v) is 15.6. The van der Waals surface area contributed by atoms with Crippen LogP contribution in [0.3, 0.4) is 0 Å². The normalized spacial score (nSPS) is 11.5. The average molecular weight is 645 g/mol. The molecule has 0 aliphatic carbocycles. The first kappa shape index (κ1) is 32.4. The zero-order chi connectivity index (χ0) is 34.1. The molecule has 240 valence electrons. The molecule has 0 aliphatic rings. The molecule has 49 heavy (non-hydrogen) atoms. The molecule has 0 bridgehead atoms. The van der Waals surface area contributed by atoms with Crippen molar-refractivity contribution >= 4 is 34.7 Å². The van der Waals surface area contributed by atoms with E-state index in [1.54, 1.807) is 72.8 Å². The van der Waals surface area contributed by atoms with E-state index in [-0.39, 0.29) is 5.41 Å². The molecule has 8 nitrogen and oxygen atoms in total. The molecule has 0 unspecified atom stereocenters. The fourth-order valence-corrected chi connectivity index (χ4v) is 4.93. The van der Waals surface area contributed by atoms with Crippen LogP contribution in [0.15, 0.2) is 178 Å². The molecule has 0 fully saturated rings. The predicted octanol–water partition coefficient (Wildman–Crippen LogP) is 11.3. The van der Waals surface area contributed by atoms with E-state index >= 15 is 0 Å². The fourth-order valence-electron chi connectivity index (χ4n) is 4.93. The van der Waals surface area contributed by atoms with E-state index in [1.165, 1.54) is 0 Å². The summed E-state index contributed by atoms with van der Waals surface area (Å²) in [6, 6.07) is 47.3. The Labute approximate surface area is 284 Å². The molecule has 8 heteroatoms. The Morgan fingerprint density at radius 1 is 0.408 bits per heavy atom. The Bertz CT molecular complexity index is 1920. The molecule has 0 radical (unpaired) electrons. The van der Waals surface area contributed by atoms with Crippen molar-refractivity contribution in [3.8, 4) is 11.5 Å². The largest absolute Gasteiger partial charge is 0.423 e. The van der Waals surface area contributed by atoms with E-state index in [9.17, 15) is 9.59 Å². The van der Waals surface area contributed by atoms with E-state index in [2.05, 4.69) is 34.3 Å². The van der Waals surface area contributed by atoms with Crippen molar-refractivity contribution < 1.29 is 19.1 Å². The van der Waals surface area contributed by atoms with Crippen LogP contribution < -0.4 is 9.47 Å². The van der Waals surface area contributed by atoms with E-state index < -0.39 is 11.9 Å². The number of carbonyl (C=O) groups excluding carboxylic acids is 2. The second-order valence-electron chi connectivity index (χ2n) is 11.6. The van der Waals surface area contributed by atoms with Crippen LogP contribution >= 0.6 is 0 Å². The van der Waals surface area contributed by atoms with E-state index in [1.807, 2.05) is 84.9 Å². The van der Waals surface area contributed by atoms with Gasteiger partial charge in [0, 0.05) is 5.41 Å². The van der Waals surface area contributed by atoms with Gasteiger partial charge in [0.25, 0.3) is 0 Å². The summed E-state index contributed by atoms with van der Waals surface area (Å²) in [6.07, 6.45) is 0. The maximum atomic E-state index is 12.8. The minimum absolute atomic E-state index is 0.376. The van der Waals surface area contributed by atoms with Crippen LogP contribution in [0.2, 0.25) is 0 Å². The monoisotopic (exact) mass is 644 g/mol. The number of nitrogens with zero attached hydrogens (tertiary/aromatic N) is 4. The summed E-state index contributed by atoms with van der Waals surface area (Å²) in [5.41, 5.74) is 5.25. The van der Waals surface area contributed by atoms with Gasteiger partial charge in [-0.2, -0.15) is 20.5 Å². The molecule has 0 saturated heterocycles. The van der Waals surface area contributed by atoms with Crippen molar-refractivity contribution in [1.82, 2.24) is 0 Å². The van der Waals surface area contributed by atoms with Crippen molar-refractivity contribution in [2.75, 3.05) is 0 Å². The van der Waals surface area contributed by atoms with Gasteiger partial charge in [0.1, 0.15) is 11.5 Å². The van der Waals surface area contributed by atoms with Gasteiger partial charge in [-0.1, -0.05) is 74.5 Å². The molecular weight excluding hydrogens is 612 g/mol. The Kier molecular flexibility index (Phi) is 9.86. The lowest BCUT2D eigenvalue weighted by atomic mass is 9.78. The molecule has 6 aromatic carbocycles. The zero-order valence-corrected chi connectivity index (χ0v) is 26.9. The lowest BCUT2D eigenvalue weighted by Gasteiger charge is -2.26. The Morgan fingerprint density at radius 2 is 0.714 bits per heavy atom. The second kappa shape index (κ2) is 14.9. The Hall–Kier alpha value is -6.54. The Morgan fingerprint density at radius 3 is 1.04 bits per heavy atom. The van der Waals surface area contributed by atoms with Crippen LogP contribution in [0, 0.1) is 0 Å². The van der Waals surface area contributed by atoms with Crippen molar-refractivity contribution in [1.29, 1.82) is 0 Å². The van der Waals surface area contributed by atoms with Crippen LogP contribution in [0.25, 0.3) is 0 Å². The van der Waals surface area contributed by atoms with Gasteiger partial charge in [-0.3, -0.25) is 0 Å². The van der Waals surface area contributed by atoms with Gasteiger partial charge in [-0.05, 0) is 108 Å². The third-order valence-electron chi connectivity index (χ3n) is 7.85. The highest BCUT2D eigenvalue weighted by Gasteiger charge is 2.23. The van der Waals surface area contributed by atoms with Crippen molar-refractivity contribution in [3.63, 3.8) is 0 Å². The van der Waals surface area contributed by atoms with Crippen molar-refractivity contribution in [3.05, 3.63) is 180 Å². The third-order valence-corrected chi connectivity index (χ3v) is 7.85. The molecule has 0 aromatic heterocycles. The molecule has 0 amide bonds. The van der Waals surface area contributed by atoms with Crippen LogP contribution in [0.5, 0.6) is 11.5 Å². The molecule has 6 rings (SSSR count). The number of esters is 2. The first-order chi connectivity index (χ1) is 23.8. The summed E-state index contributed by atoms with van der Waals surface area (Å²) in [5.74, 6) is -0.0553. The lowest BCUT2D eigenvalue weighted by molar-refractivity contribution is 0.0725. The number of benzene rings is 6. The molecule has 0 N–H and O–H groups in total. The molecule has 0 saturated carbocycles. The summed E-state index contributed by atoms with van der Waals surface area (Å²) in [6.45, 7) is 4.20. The highest BCUT2D eigenvalue weighted by molar-refractivity contribution is 5.92. The number of rotatable bonds is 10. The Balaban J connectivity index is 1.03. The van der Waals surface area contributed by atoms with Gasteiger partial charge < -0.3 is 9.47 Å². The third kappa shape index (κ3) is 8.44. The van der Waals surface area contributed by atoms with E-state index in [0.717, 1.165) is 22.5 Å². The summed E-state index contributed by atoms with van der Waals surface area (Å²) in [5, 5.41) is 16.8. The molecule has 0 heterocycles. The van der Waals surface area contributed by atoms with Crippen LogP contribution in [0.1, 0.15) is 45.7 Å². The number of hydrogen-bond donors (Lipinski definition) is 0. The maximum absolute atomic E-state index is 12.8. The maximum Gasteiger partial charge on any atom is 0.343 e. The van der Waals surface area contributed by atoms with Crippen LogP contribution in [0.4, 0.5) is 22.7 Å². The summed E-state index contributed by atoms with van der Waals surface area (Å²) in [4.78, 5) is 25.6. The number of ether oxygens (including phenoxy) is 2. The second-order valence-corrected chi connectivity index (χ2v) is 11.6. The molecule has 0 aliphatic heterocycles. The van der Waals surface area contributed by atoms with E-state index in [4.69, 9.17) is 9.47 Å². The fraction of sp³-hybridized carbons (Fsp3) is 0.0732. The van der Waals surface area contributed by atoms with Gasteiger partial charge >= 0.3 is 11.9 Å². The zero-order valence-electron chi connectivity index (χ0n) is 26.9. The summed E-state index contributed by atoms with van der Waals surface area (Å²) < 4.78 is 11.2. The minimum atomic E-state index is -0.465. The number of hydrogen-bond acceptors (Lipinski definition) is 8. The van der Waals surface area contributed by atoms with Gasteiger partial charge in [0.05, 0.1) is 33.9 Å². The SMILES string of the molecule is CC(C)(c1ccc(OC(=O)c2ccc(/N=N/c3ccccc3)cc2)cc1)c1ccc(OC(=O)c2ccc(/N=N/c3ccccc3)cc2)cc1. The molecular formula is C41H32N4O4. The highest BCUT2D eigenvalue weighted by atomic mass is 16.5. The standard InChI is InChI=1S/C41H32N4O4/c1-41(2,31-17-25-37(26-18-31)48-39(46)29-13-21-35(22-14-29)44-42-33-9-5-3-6-10-33)32-19-27-38(28-20-32)49-40(47)30-15-23-36(24-16-30)45-43-34-11-7-4-8-12-34/h3-28H,1-2H3/b44-42+,45-43+. The highest BCUT2D eigenvalue weighted by Crippen LogP contribution is 2.34. The summed E-state index contributed by atoms with van der Waals surface area (Å²) >= 11 is 0. The first-order valence-electron chi connectivity index (χ1n) is 15.6. The van der Waals surface area contributed by atoms with Gasteiger partial charge in [0.15, 0.2) is 0 Å². The van der Waals surface area contributed by atoms with Gasteiger partial charge in [-0.25, -0.2) is 9.59 Å². The van der Waals surface area contributed by atoms with Crippen LogP contribution in [-0.4, -0.2) is 11.9 Å². The van der Waals surface area contributed by atoms with Crippen LogP contribution in [-0.2, 0) is 5.41 Å². The average Bonchev–Trinajstić information content (AvgIpc) is 3.15. The summed E-state index contributed by atoms with van der Waals surface area (Å²) in [7, 11) is 0. The van der Waals surface area contributed by atoms with E-state index in [0.29, 0.717) is 34.0 Å².